The summed E-state index contributed by atoms with van der Waals surface area (Å²) in [5.74, 6) is -5.78. The quantitative estimate of drug-likeness (QED) is 0.598. The van der Waals surface area contributed by atoms with Gasteiger partial charge in [0.1, 0.15) is 0 Å². The summed E-state index contributed by atoms with van der Waals surface area (Å²) in [4.78, 5) is 0. The molecule has 2 aromatic carbocycles. The van der Waals surface area contributed by atoms with Crippen molar-refractivity contribution in [3.8, 4) is 16.9 Å². The van der Waals surface area contributed by atoms with Gasteiger partial charge in [0.2, 0.25) is 0 Å². The molecule has 0 bridgehead atoms. The first-order valence-corrected chi connectivity index (χ1v) is 4.62. The van der Waals surface area contributed by atoms with Crippen LogP contribution in [0.3, 0.4) is 0 Å². The Hall–Kier alpha value is -2.04. The van der Waals surface area contributed by atoms with E-state index >= 15 is 0 Å². The predicted octanol–water partition coefficient (Wildman–Crippen LogP) is 3.62. The molecule has 0 saturated heterocycles. The van der Waals surface area contributed by atoms with E-state index in [2.05, 4.69) is 0 Å². The van der Waals surface area contributed by atoms with Crippen molar-refractivity contribution in [2.75, 3.05) is 0 Å². The van der Waals surface area contributed by atoms with Crippen LogP contribution < -0.4 is 0 Å². The van der Waals surface area contributed by atoms with Crippen molar-refractivity contribution in [1.29, 1.82) is 0 Å². The summed E-state index contributed by atoms with van der Waals surface area (Å²) >= 11 is 0. The number of aromatic hydroxyl groups is 1. The lowest BCUT2D eigenvalue weighted by Crippen LogP contribution is -1.92. The Morgan fingerprint density at radius 2 is 1.24 bits per heavy atom. The van der Waals surface area contributed by atoms with E-state index in [1.807, 2.05) is 0 Å². The summed E-state index contributed by atoms with van der Waals surface area (Å²) in [5, 5.41) is 8.96. The Labute approximate surface area is 93.9 Å². The average Bonchev–Trinajstić information content (AvgIpc) is 2.29. The van der Waals surface area contributed by atoms with Gasteiger partial charge in [-0.2, -0.15) is 0 Å². The van der Waals surface area contributed by atoms with Gasteiger partial charge in [-0.05, 0) is 35.4 Å². The molecule has 1 N–H and O–H groups in total. The molecule has 0 aromatic heterocycles. The van der Waals surface area contributed by atoms with E-state index in [1.54, 1.807) is 0 Å². The Bertz CT molecular complexity index is 558. The first-order valence-electron chi connectivity index (χ1n) is 4.62. The molecule has 0 atom stereocenters. The lowest BCUT2D eigenvalue weighted by molar-refractivity contribution is 0.432. The number of hydrogen-bond donors (Lipinski definition) is 1. The molecule has 0 unspecified atom stereocenters. The Kier molecular flexibility index (Phi) is 2.75. The van der Waals surface area contributed by atoms with Crippen LogP contribution in [-0.4, -0.2) is 5.11 Å². The van der Waals surface area contributed by atoms with Crippen molar-refractivity contribution >= 4 is 0 Å². The number of hydrogen-bond acceptors (Lipinski definition) is 1. The third-order valence-electron chi connectivity index (χ3n) is 2.26. The summed E-state index contributed by atoms with van der Waals surface area (Å²) in [5.41, 5.74) is 0.124. The smallest absolute Gasteiger partial charge is 0.194 e. The first-order chi connectivity index (χ1) is 7.99. The van der Waals surface area contributed by atoms with Crippen LogP contribution >= 0.6 is 0 Å². The summed E-state index contributed by atoms with van der Waals surface area (Å²) < 4.78 is 51.6. The molecule has 2 aromatic rings. The number of halogens is 4. The van der Waals surface area contributed by atoms with Gasteiger partial charge < -0.3 is 5.11 Å². The van der Waals surface area contributed by atoms with Gasteiger partial charge in [0, 0.05) is 0 Å². The SMILES string of the molecule is Oc1ccc(-c2cc(F)c(F)c(F)c2)cc1F. The van der Waals surface area contributed by atoms with E-state index in [1.165, 1.54) is 6.07 Å². The fourth-order valence-corrected chi connectivity index (χ4v) is 1.41. The molecule has 0 radical (unpaired) electrons. The van der Waals surface area contributed by atoms with Crippen LogP contribution in [0, 0.1) is 23.3 Å². The van der Waals surface area contributed by atoms with Gasteiger partial charge in [0.05, 0.1) is 0 Å². The molecule has 17 heavy (non-hydrogen) atoms. The lowest BCUT2D eigenvalue weighted by atomic mass is 10.0. The molecule has 1 nitrogen and oxygen atoms in total. The maximum Gasteiger partial charge on any atom is 0.194 e. The molecule has 2 rings (SSSR count). The Morgan fingerprint density at radius 3 is 1.76 bits per heavy atom. The van der Waals surface area contributed by atoms with Crippen molar-refractivity contribution in [2.24, 2.45) is 0 Å². The van der Waals surface area contributed by atoms with E-state index in [0.29, 0.717) is 0 Å². The minimum absolute atomic E-state index is 0.0136. The van der Waals surface area contributed by atoms with E-state index in [9.17, 15) is 17.6 Å². The molecule has 0 aliphatic rings. The second-order valence-electron chi connectivity index (χ2n) is 3.42. The zero-order valence-electron chi connectivity index (χ0n) is 8.35. The number of rotatable bonds is 1. The van der Waals surface area contributed by atoms with Gasteiger partial charge in [-0.1, -0.05) is 6.07 Å². The topological polar surface area (TPSA) is 20.2 Å². The largest absolute Gasteiger partial charge is 0.505 e. The lowest BCUT2D eigenvalue weighted by Gasteiger charge is -2.04. The van der Waals surface area contributed by atoms with Crippen molar-refractivity contribution < 1.29 is 22.7 Å². The standard InChI is InChI=1S/C12H6F4O/c13-8-3-6(1-2-11(8)17)7-4-9(14)12(16)10(15)5-7/h1-5,17H. The molecular formula is C12H6F4O. The van der Waals surface area contributed by atoms with Crippen molar-refractivity contribution in [2.45, 2.75) is 0 Å². The van der Waals surface area contributed by atoms with Crippen LogP contribution in [-0.2, 0) is 0 Å². The summed E-state index contributed by atoms with van der Waals surface area (Å²) in [6.07, 6.45) is 0. The normalized spacial score (nSPS) is 10.6. The van der Waals surface area contributed by atoms with Crippen LogP contribution in [0.5, 0.6) is 5.75 Å². The number of phenols is 1. The highest BCUT2D eigenvalue weighted by atomic mass is 19.2. The Morgan fingerprint density at radius 1 is 0.706 bits per heavy atom. The predicted molar refractivity (Wildman–Crippen MR) is 53.4 cm³/mol. The molecule has 0 spiro atoms. The third-order valence-corrected chi connectivity index (χ3v) is 2.26. The number of phenolic OH excluding ortho intramolecular Hbond substituents is 1. The van der Waals surface area contributed by atoms with Gasteiger partial charge >= 0.3 is 0 Å². The fourth-order valence-electron chi connectivity index (χ4n) is 1.41. The summed E-state index contributed by atoms with van der Waals surface area (Å²) in [6.45, 7) is 0. The van der Waals surface area contributed by atoms with E-state index in [4.69, 9.17) is 5.11 Å². The third kappa shape index (κ3) is 2.08. The summed E-state index contributed by atoms with van der Waals surface area (Å²) in [7, 11) is 0. The Balaban J connectivity index is 2.57. The van der Waals surface area contributed by atoms with E-state index in [-0.39, 0.29) is 11.1 Å². The zero-order valence-corrected chi connectivity index (χ0v) is 8.35. The molecule has 0 fully saturated rings. The molecule has 88 valence electrons. The minimum atomic E-state index is -1.58. The highest BCUT2D eigenvalue weighted by Gasteiger charge is 2.12. The molecule has 0 saturated carbocycles. The van der Waals surface area contributed by atoms with Gasteiger partial charge in [-0.25, -0.2) is 17.6 Å². The first kappa shape index (κ1) is 11.4. The highest BCUT2D eigenvalue weighted by molar-refractivity contribution is 5.64. The minimum Gasteiger partial charge on any atom is -0.505 e. The fraction of sp³-hybridized carbons (Fsp3) is 0. The molecule has 0 aliphatic carbocycles. The molecule has 5 heteroatoms. The zero-order chi connectivity index (χ0) is 12.6. The summed E-state index contributed by atoms with van der Waals surface area (Å²) in [6, 6.07) is 4.73. The van der Waals surface area contributed by atoms with Gasteiger partial charge in [-0.3, -0.25) is 0 Å². The average molecular weight is 242 g/mol. The molecular weight excluding hydrogens is 236 g/mol. The van der Waals surface area contributed by atoms with Crippen LogP contribution in [0.15, 0.2) is 30.3 Å². The number of benzene rings is 2. The van der Waals surface area contributed by atoms with Gasteiger partial charge in [0.15, 0.2) is 29.0 Å². The van der Waals surface area contributed by atoms with Crippen LogP contribution in [0.4, 0.5) is 17.6 Å². The second-order valence-corrected chi connectivity index (χ2v) is 3.42. The van der Waals surface area contributed by atoms with E-state index in [0.717, 1.165) is 24.3 Å². The van der Waals surface area contributed by atoms with Crippen LogP contribution in [0.25, 0.3) is 11.1 Å². The maximum absolute atomic E-state index is 13.0. The van der Waals surface area contributed by atoms with Crippen molar-refractivity contribution in [1.82, 2.24) is 0 Å². The van der Waals surface area contributed by atoms with E-state index < -0.39 is 29.0 Å². The maximum atomic E-state index is 13.0. The monoisotopic (exact) mass is 242 g/mol. The van der Waals surface area contributed by atoms with Gasteiger partial charge in [-0.15, -0.1) is 0 Å². The van der Waals surface area contributed by atoms with Crippen LogP contribution in [0.1, 0.15) is 0 Å². The van der Waals surface area contributed by atoms with Crippen molar-refractivity contribution in [3.05, 3.63) is 53.6 Å². The van der Waals surface area contributed by atoms with Crippen LogP contribution in [0.2, 0.25) is 0 Å². The second kappa shape index (κ2) is 4.08. The molecule has 0 amide bonds. The molecule has 0 aliphatic heterocycles. The van der Waals surface area contributed by atoms with Crippen molar-refractivity contribution in [3.63, 3.8) is 0 Å². The highest BCUT2D eigenvalue weighted by Crippen LogP contribution is 2.27. The van der Waals surface area contributed by atoms with Gasteiger partial charge in [0.25, 0.3) is 0 Å². The molecule has 0 heterocycles.